The summed E-state index contributed by atoms with van der Waals surface area (Å²) in [5.41, 5.74) is 3.11. The molecule has 0 amide bonds. The second kappa shape index (κ2) is 11.9. The van der Waals surface area contributed by atoms with E-state index >= 15 is 0 Å². The van der Waals surface area contributed by atoms with Crippen LogP contribution in [0.3, 0.4) is 0 Å². The van der Waals surface area contributed by atoms with Crippen molar-refractivity contribution >= 4 is 35.0 Å². The zero-order valence-corrected chi connectivity index (χ0v) is 23.8. The number of hydrogen-bond donors (Lipinski definition) is 0. The number of nitrogens with zero attached hydrogens (tertiary/aromatic N) is 2. The second-order valence-electron chi connectivity index (χ2n) is 9.02. The van der Waals surface area contributed by atoms with Crippen molar-refractivity contribution in [2.45, 2.75) is 26.5 Å². The van der Waals surface area contributed by atoms with Crippen LogP contribution in [0.25, 0.3) is 6.08 Å². The van der Waals surface area contributed by atoms with Crippen LogP contribution in [-0.2, 0) is 16.1 Å². The molecule has 40 heavy (non-hydrogen) atoms. The van der Waals surface area contributed by atoms with Gasteiger partial charge in [-0.15, -0.1) is 0 Å². The molecular formula is C31H27ClN2O5S. The number of hydrogen-bond acceptors (Lipinski definition) is 7. The normalized spacial score (nSPS) is 14.9. The van der Waals surface area contributed by atoms with Crippen LogP contribution < -0.4 is 24.4 Å². The van der Waals surface area contributed by atoms with Gasteiger partial charge in [0.15, 0.2) is 4.80 Å². The third-order valence-corrected chi connectivity index (χ3v) is 7.83. The molecule has 1 aliphatic heterocycles. The number of benzene rings is 3. The molecule has 1 aromatic heterocycles. The summed E-state index contributed by atoms with van der Waals surface area (Å²) in [7, 11) is 1.59. The summed E-state index contributed by atoms with van der Waals surface area (Å²) < 4.78 is 18.6. The Morgan fingerprint density at radius 2 is 1.75 bits per heavy atom. The van der Waals surface area contributed by atoms with Gasteiger partial charge in [0, 0.05) is 10.6 Å². The maximum atomic E-state index is 13.8. The van der Waals surface area contributed by atoms with Crippen LogP contribution in [0.5, 0.6) is 11.5 Å². The molecule has 0 N–H and O–H groups in total. The quantitative estimate of drug-likeness (QED) is 0.276. The Kier molecular flexibility index (Phi) is 8.19. The third-order valence-electron chi connectivity index (χ3n) is 6.48. The number of ether oxygens (including phenoxy) is 3. The molecule has 4 aromatic rings. The minimum absolute atomic E-state index is 0.216. The molecule has 0 radical (unpaired) electrons. The zero-order chi connectivity index (χ0) is 28.2. The van der Waals surface area contributed by atoms with Gasteiger partial charge in [-0.25, -0.2) is 9.79 Å². The van der Waals surface area contributed by atoms with E-state index in [1.54, 1.807) is 37.7 Å². The molecule has 0 unspecified atom stereocenters. The molecular weight excluding hydrogens is 548 g/mol. The standard InChI is InChI=1S/C31H27ClN2O5S/c1-4-38-30(36)27-19(2)33-31-34(28(27)21-11-15-23(37-3)16-12-21)29(35)26(40-31)17-20-9-13-24(14-10-20)39-18-22-7-5-6-8-25(22)32/h5-17,28H,4,18H2,1-3H3/b26-17-/t28-/m0/s1. The average molecular weight is 575 g/mol. The van der Waals surface area contributed by atoms with Crippen molar-refractivity contribution in [1.82, 2.24) is 4.57 Å². The number of halogens is 1. The van der Waals surface area contributed by atoms with Crippen LogP contribution in [-0.4, -0.2) is 24.3 Å². The Hall–Kier alpha value is -4.14. The van der Waals surface area contributed by atoms with Gasteiger partial charge in [0.05, 0.1) is 35.6 Å². The van der Waals surface area contributed by atoms with E-state index in [4.69, 9.17) is 25.8 Å². The van der Waals surface area contributed by atoms with Crippen LogP contribution in [0.1, 0.15) is 36.6 Å². The van der Waals surface area contributed by atoms with E-state index < -0.39 is 12.0 Å². The van der Waals surface area contributed by atoms with Crippen molar-refractivity contribution in [3.63, 3.8) is 0 Å². The number of carbonyl (C=O) groups excluding carboxylic acids is 1. The van der Waals surface area contributed by atoms with Crippen LogP contribution in [0.4, 0.5) is 0 Å². The van der Waals surface area contributed by atoms with Gasteiger partial charge in [-0.1, -0.05) is 65.4 Å². The summed E-state index contributed by atoms with van der Waals surface area (Å²) >= 11 is 7.50. The molecule has 0 saturated heterocycles. The molecule has 0 bridgehead atoms. The highest BCUT2D eigenvalue weighted by atomic mass is 35.5. The lowest BCUT2D eigenvalue weighted by atomic mass is 9.96. The van der Waals surface area contributed by atoms with Gasteiger partial charge < -0.3 is 14.2 Å². The summed E-state index contributed by atoms with van der Waals surface area (Å²) in [5.74, 6) is 0.868. The average Bonchev–Trinajstić information content (AvgIpc) is 3.26. The Bertz CT molecular complexity index is 1760. The largest absolute Gasteiger partial charge is 0.497 e. The van der Waals surface area contributed by atoms with Crippen LogP contribution in [0, 0.1) is 0 Å². The van der Waals surface area contributed by atoms with Gasteiger partial charge >= 0.3 is 5.97 Å². The Morgan fingerprint density at radius 3 is 2.42 bits per heavy atom. The van der Waals surface area contributed by atoms with E-state index in [0.29, 0.717) is 43.7 Å². The molecule has 0 fully saturated rings. The molecule has 5 rings (SSSR count). The van der Waals surface area contributed by atoms with E-state index in [0.717, 1.165) is 16.7 Å². The van der Waals surface area contributed by atoms with Crippen molar-refractivity contribution in [2.24, 2.45) is 4.99 Å². The minimum atomic E-state index is -0.677. The van der Waals surface area contributed by atoms with Crippen molar-refractivity contribution < 1.29 is 19.0 Å². The van der Waals surface area contributed by atoms with E-state index in [9.17, 15) is 9.59 Å². The predicted molar refractivity (Wildman–Crippen MR) is 156 cm³/mol. The molecule has 2 heterocycles. The summed E-state index contributed by atoms with van der Waals surface area (Å²) in [5, 5.41) is 0.656. The number of esters is 1. The highest BCUT2D eigenvalue weighted by molar-refractivity contribution is 7.07. The van der Waals surface area contributed by atoms with Crippen LogP contribution >= 0.6 is 22.9 Å². The van der Waals surface area contributed by atoms with Crippen LogP contribution in [0.2, 0.25) is 5.02 Å². The highest BCUT2D eigenvalue weighted by Crippen LogP contribution is 2.31. The van der Waals surface area contributed by atoms with E-state index in [2.05, 4.69) is 4.99 Å². The summed E-state index contributed by atoms with van der Waals surface area (Å²) in [6.07, 6.45) is 1.82. The number of thiazole rings is 1. The number of methoxy groups -OCH3 is 1. The molecule has 1 atom stereocenters. The Labute approximate surface area is 240 Å². The summed E-state index contributed by atoms with van der Waals surface area (Å²) in [6.45, 7) is 4.08. The van der Waals surface area contributed by atoms with Crippen molar-refractivity contribution in [1.29, 1.82) is 0 Å². The minimum Gasteiger partial charge on any atom is -0.497 e. The zero-order valence-electron chi connectivity index (χ0n) is 22.2. The number of fused-ring (bicyclic) bond motifs is 1. The second-order valence-corrected chi connectivity index (χ2v) is 10.4. The predicted octanol–water partition coefficient (Wildman–Crippen LogP) is 5.04. The number of aromatic nitrogens is 1. The third kappa shape index (κ3) is 5.59. The smallest absolute Gasteiger partial charge is 0.338 e. The first-order chi connectivity index (χ1) is 19.4. The maximum absolute atomic E-state index is 13.8. The Morgan fingerprint density at radius 1 is 1.05 bits per heavy atom. The maximum Gasteiger partial charge on any atom is 0.338 e. The van der Waals surface area contributed by atoms with Crippen molar-refractivity contribution in [3.05, 3.63) is 125 Å². The topological polar surface area (TPSA) is 79.1 Å². The molecule has 7 nitrogen and oxygen atoms in total. The Balaban J connectivity index is 1.50. The highest BCUT2D eigenvalue weighted by Gasteiger charge is 2.33. The lowest BCUT2D eigenvalue weighted by Gasteiger charge is -2.24. The van der Waals surface area contributed by atoms with E-state index in [-0.39, 0.29) is 12.2 Å². The first-order valence-electron chi connectivity index (χ1n) is 12.7. The van der Waals surface area contributed by atoms with Gasteiger partial charge in [0.25, 0.3) is 5.56 Å². The van der Waals surface area contributed by atoms with Gasteiger partial charge in [0.1, 0.15) is 18.1 Å². The molecule has 0 aliphatic carbocycles. The van der Waals surface area contributed by atoms with Gasteiger partial charge in [0.2, 0.25) is 0 Å². The molecule has 1 aliphatic rings. The van der Waals surface area contributed by atoms with Gasteiger partial charge in [-0.2, -0.15) is 0 Å². The molecule has 0 saturated carbocycles. The van der Waals surface area contributed by atoms with Crippen LogP contribution in [0.15, 0.2) is 93.9 Å². The molecule has 0 spiro atoms. The van der Waals surface area contributed by atoms with Crippen molar-refractivity contribution in [3.8, 4) is 11.5 Å². The fourth-order valence-corrected chi connectivity index (χ4v) is 5.72. The lowest BCUT2D eigenvalue weighted by Crippen LogP contribution is -2.39. The van der Waals surface area contributed by atoms with E-state index in [1.165, 1.54) is 11.3 Å². The first-order valence-corrected chi connectivity index (χ1v) is 13.9. The molecule has 3 aromatic carbocycles. The number of carbonyl (C=O) groups is 1. The van der Waals surface area contributed by atoms with Gasteiger partial charge in [-0.05, 0) is 61.4 Å². The van der Waals surface area contributed by atoms with E-state index in [1.807, 2.05) is 66.7 Å². The summed E-state index contributed by atoms with van der Waals surface area (Å²) in [6, 6.07) is 21.6. The number of rotatable bonds is 8. The number of allylic oxidation sites excluding steroid dienone is 1. The molecule has 9 heteroatoms. The summed E-state index contributed by atoms with van der Waals surface area (Å²) in [4.78, 5) is 31.9. The first kappa shape index (κ1) is 27.4. The van der Waals surface area contributed by atoms with Crippen molar-refractivity contribution in [2.75, 3.05) is 13.7 Å². The fourth-order valence-electron chi connectivity index (χ4n) is 4.48. The monoisotopic (exact) mass is 574 g/mol. The lowest BCUT2D eigenvalue weighted by molar-refractivity contribution is -0.139. The molecule has 204 valence electrons. The SMILES string of the molecule is CCOC(=O)C1=C(C)N=c2s/c(=C\c3ccc(OCc4ccccc4Cl)cc3)c(=O)n2[C@H]1c1ccc(OC)cc1. The van der Waals surface area contributed by atoms with Gasteiger partial charge in [-0.3, -0.25) is 9.36 Å². The fraction of sp³-hybridized carbons (Fsp3) is 0.194.